The molecule has 13 heavy (non-hydrogen) atoms. The molecular formula is C9H12O4. The van der Waals surface area contributed by atoms with Crippen molar-refractivity contribution in [2.24, 2.45) is 11.8 Å². The van der Waals surface area contributed by atoms with Gasteiger partial charge in [0.25, 0.3) is 0 Å². The molecule has 1 fully saturated rings. The quantitative estimate of drug-likeness (QED) is 0.360. The second kappa shape index (κ2) is 3.47. The van der Waals surface area contributed by atoms with E-state index in [1.165, 1.54) is 0 Å². The third-order valence-electron chi connectivity index (χ3n) is 2.46. The molecule has 4 heteroatoms. The number of hydrogen-bond acceptors (Lipinski definition) is 4. The van der Waals surface area contributed by atoms with E-state index < -0.39 is 0 Å². The summed E-state index contributed by atoms with van der Waals surface area (Å²) in [6.45, 7) is 0.720. The molecule has 1 aliphatic carbocycles. The lowest BCUT2D eigenvalue weighted by molar-refractivity contribution is -0.140. The van der Waals surface area contributed by atoms with Crippen LogP contribution in [0.25, 0.3) is 0 Å². The van der Waals surface area contributed by atoms with Crippen LogP contribution in [0.3, 0.4) is 0 Å². The van der Waals surface area contributed by atoms with Crippen LogP contribution < -0.4 is 0 Å². The van der Waals surface area contributed by atoms with E-state index in [9.17, 15) is 4.79 Å². The van der Waals surface area contributed by atoms with Gasteiger partial charge in [-0.15, -0.1) is 0 Å². The van der Waals surface area contributed by atoms with Crippen molar-refractivity contribution in [3.63, 3.8) is 0 Å². The zero-order valence-electron chi connectivity index (χ0n) is 7.43. The van der Waals surface area contributed by atoms with Gasteiger partial charge in [0.1, 0.15) is 6.79 Å². The molecule has 0 aromatic carbocycles. The van der Waals surface area contributed by atoms with Crippen molar-refractivity contribution in [3.05, 3.63) is 12.2 Å². The molecule has 0 N–H and O–H groups in total. The highest BCUT2D eigenvalue weighted by Gasteiger charge is 2.43. The molecule has 0 radical (unpaired) electrons. The van der Waals surface area contributed by atoms with Gasteiger partial charge >= 0.3 is 5.97 Å². The van der Waals surface area contributed by atoms with E-state index in [0.29, 0.717) is 6.61 Å². The first-order valence-corrected chi connectivity index (χ1v) is 4.28. The molecule has 3 atom stereocenters. The lowest BCUT2D eigenvalue weighted by atomic mass is 9.98. The van der Waals surface area contributed by atoms with Gasteiger partial charge in [-0.1, -0.05) is 12.2 Å². The molecule has 0 amide bonds. The van der Waals surface area contributed by atoms with E-state index in [-0.39, 0.29) is 30.7 Å². The largest absolute Gasteiger partial charge is 0.465 e. The van der Waals surface area contributed by atoms with Gasteiger partial charge in [-0.05, 0) is 0 Å². The summed E-state index contributed by atoms with van der Waals surface area (Å²) in [5, 5.41) is 0. The van der Waals surface area contributed by atoms with Crippen molar-refractivity contribution in [2.75, 3.05) is 20.5 Å². The normalized spacial score (nSPS) is 36.4. The van der Waals surface area contributed by atoms with Crippen LogP contribution >= 0.6 is 0 Å². The minimum absolute atomic E-state index is 0.0311. The van der Waals surface area contributed by atoms with Crippen molar-refractivity contribution < 1.29 is 19.0 Å². The van der Waals surface area contributed by atoms with E-state index in [2.05, 4.69) is 0 Å². The fourth-order valence-electron chi connectivity index (χ4n) is 1.77. The lowest BCUT2D eigenvalue weighted by Crippen LogP contribution is -2.23. The van der Waals surface area contributed by atoms with Gasteiger partial charge in [-0.3, -0.25) is 4.79 Å². The van der Waals surface area contributed by atoms with Crippen molar-refractivity contribution in [2.45, 2.75) is 6.10 Å². The summed E-state index contributed by atoms with van der Waals surface area (Å²) in [5.41, 5.74) is 0. The van der Waals surface area contributed by atoms with Gasteiger partial charge in [-0.2, -0.15) is 0 Å². The number of esters is 1. The Labute approximate surface area is 76.5 Å². The standard InChI is InChI=1S/C9H12O4/c1-11-5-13-8-3-2-6-7(8)4-12-9(6)10/h2-3,6-8H,4-5H2,1H3/t6-,7-,8+/m1/s1. The maximum Gasteiger partial charge on any atom is 0.313 e. The van der Waals surface area contributed by atoms with Gasteiger partial charge < -0.3 is 14.2 Å². The zero-order chi connectivity index (χ0) is 9.26. The Kier molecular flexibility index (Phi) is 2.33. The smallest absolute Gasteiger partial charge is 0.313 e. The fraction of sp³-hybridized carbons (Fsp3) is 0.667. The average molecular weight is 184 g/mol. The number of cyclic esters (lactones) is 1. The summed E-state index contributed by atoms with van der Waals surface area (Å²) in [5.74, 6) is -0.0747. The zero-order valence-corrected chi connectivity index (χ0v) is 7.43. The summed E-state index contributed by atoms with van der Waals surface area (Å²) >= 11 is 0. The van der Waals surface area contributed by atoms with Crippen LogP contribution in [0.4, 0.5) is 0 Å². The molecular weight excluding hydrogens is 172 g/mol. The van der Waals surface area contributed by atoms with E-state index >= 15 is 0 Å². The highest BCUT2D eigenvalue weighted by molar-refractivity contribution is 5.77. The van der Waals surface area contributed by atoms with Crippen LogP contribution in [0.15, 0.2) is 12.2 Å². The van der Waals surface area contributed by atoms with Gasteiger partial charge in [0.15, 0.2) is 0 Å². The first-order valence-electron chi connectivity index (χ1n) is 4.28. The van der Waals surface area contributed by atoms with Crippen LogP contribution in [-0.4, -0.2) is 32.6 Å². The van der Waals surface area contributed by atoms with Crippen LogP contribution in [0, 0.1) is 11.8 Å². The number of methoxy groups -OCH3 is 1. The summed E-state index contributed by atoms with van der Waals surface area (Å²) in [7, 11) is 1.58. The second-order valence-electron chi connectivity index (χ2n) is 3.24. The van der Waals surface area contributed by atoms with Gasteiger partial charge in [-0.25, -0.2) is 0 Å². The van der Waals surface area contributed by atoms with Crippen LogP contribution in [0.5, 0.6) is 0 Å². The Balaban J connectivity index is 1.95. The molecule has 0 spiro atoms. The first-order chi connectivity index (χ1) is 6.33. The van der Waals surface area contributed by atoms with E-state index in [1.807, 2.05) is 12.2 Å². The molecule has 1 saturated heterocycles. The van der Waals surface area contributed by atoms with Crippen LogP contribution in [0.2, 0.25) is 0 Å². The maximum atomic E-state index is 11.1. The Morgan fingerprint density at radius 2 is 2.46 bits per heavy atom. The van der Waals surface area contributed by atoms with Gasteiger partial charge in [0.2, 0.25) is 0 Å². The van der Waals surface area contributed by atoms with E-state index in [0.717, 1.165) is 0 Å². The predicted molar refractivity (Wildman–Crippen MR) is 43.8 cm³/mol. The number of hydrogen-bond donors (Lipinski definition) is 0. The molecule has 4 nitrogen and oxygen atoms in total. The summed E-state index contributed by atoms with van der Waals surface area (Å²) in [4.78, 5) is 11.1. The van der Waals surface area contributed by atoms with E-state index in [4.69, 9.17) is 14.2 Å². The lowest BCUT2D eigenvalue weighted by Gasteiger charge is -2.15. The highest BCUT2D eigenvalue weighted by atomic mass is 16.7. The molecule has 2 rings (SSSR count). The fourth-order valence-corrected chi connectivity index (χ4v) is 1.77. The van der Waals surface area contributed by atoms with Crippen LogP contribution in [0.1, 0.15) is 0 Å². The van der Waals surface area contributed by atoms with Crippen molar-refractivity contribution in [1.29, 1.82) is 0 Å². The highest BCUT2D eigenvalue weighted by Crippen LogP contribution is 2.33. The van der Waals surface area contributed by atoms with Crippen molar-refractivity contribution in [3.8, 4) is 0 Å². The molecule has 72 valence electrons. The SMILES string of the molecule is COCO[C@H]1C=C[C@H]2C(=O)OC[C@@H]12. The average Bonchev–Trinajstić information content (AvgIpc) is 2.67. The minimum Gasteiger partial charge on any atom is -0.465 e. The number of ether oxygens (including phenoxy) is 3. The predicted octanol–water partition coefficient (Wildman–Crippen LogP) is 0.335. The third kappa shape index (κ3) is 1.47. The summed E-state index contributed by atoms with van der Waals surface area (Å²) in [6.07, 6.45) is 3.74. The molecule has 0 unspecified atom stereocenters. The molecule has 0 aromatic rings. The summed E-state index contributed by atoms with van der Waals surface area (Å²) in [6, 6.07) is 0. The van der Waals surface area contributed by atoms with Crippen LogP contribution in [-0.2, 0) is 19.0 Å². The number of fused-ring (bicyclic) bond motifs is 1. The number of rotatable bonds is 3. The van der Waals surface area contributed by atoms with Gasteiger partial charge in [0, 0.05) is 13.0 Å². The molecule has 0 bridgehead atoms. The molecule has 1 aliphatic heterocycles. The minimum atomic E-state index is -0.134. The second-order valence-corrected chi connectivity index (χ2v) is 3.24. The maximum absolute atomic E-state index is 11.1. The number of carbonyl (C=O) groups is 1. The number of carbonyl (C=O) groups excluding carboxylic acids is 1. The Bertz CT molecular complexity index is 236. The van der Waals surface area contributed by atoms with Crippen molar-refractivity contribution in [1.82, 2.24) is 0 Å². The Morgan fingerprint density at radius 3 is 3.23 bits per heavy atom. The molecule has 0 saturated carbocycles. The molecule has 0 aromatic heterocycles. The molecule has 1 heterocycles. The summed E-state index contributed by atoms with van der Waals surface area (Å²) < 4.78 is 15.1. The first kappa shape index (κ1) is 8.72. The van der Waals surface area contributed by atoms with Gasteiger partial charge in [0.05, 0.1) is 18.6 Å². The molecule has 2 aliphatic rings. The van der Waals surface area contributed by atoms with Crippen molar-refractivity contribution >= 4 is 5.97 Å². The monoisotopic (exact) mass is 184 g/mol. The Hall–Kier alpha value is -0.870. The Morgan fingerprint density at radius 1 is 1.62 bits per heavy atom. The third-order valence-corrected chi connectivity index (χ3v) is 2.46. The topological polar surface area (TPSA) is 44.8 Å². The van der Waals surface area contributed by atoms with E-state index in [1.54, 1.807) is 7.11 Å².